The van der Waals surface area contributed by atoms with Gasteiger partial charge in [-0.1, -0.05) is 35.3 Å². The maximum absolute atomic E-state index is 13.1. The SMILES string of the molecule is O=C(Nc1ccccc1C(F)(F)F)c1cncnc1Oc1cc(Cl)ccc1Cl. The van der Waals surface area contributed by atoms with Gasteiger partial charge in [-0.25, -0.2) is 9.97 Å². The topological polar surface area (TPSA) is 64.1 Å². The molecular weight excluding hydrogens is 418 g/mol. The molecule has 0 aliphatic heterocycles. The molecule has 3 aromatic rings. The lowest BCUT2D eigenvalue weighted by Gasteiger charge is -2.14. The van der Waals surface area contributed by atoms with Crippen molar-refractivity contribution >= 4 is 34.8 Å². The van der Waals surface area contributed by atoms with E-state index < -0.39 is 23.3 Å². The summed E-state index contributed by atoms with van der Waals surface area (Å²) in [7, 11) is 0. The number of nitrogens with zero attached hydrogens (tertiary/aromatic N) is 2. The van der Waals surface area contributed by atoms with Crippen molar-refractivity contribution in [1.29, 1.82) is 0 Å². The second-order valence-corrected chi connectivity index (χ2v) is 6.26. The summed E-state index contributed by atoms with van der Waals surface area (Å²) in [6.45, 7) is 0. The van der Waals surface area contributed by atoms with E-state index in [0.717, 1.165) is 24.7 Å². The number of carbonyl (C=O) groups is 1. The van der Waals surface area contributed by atoms with Gasteiger partial charge < -0.3 is 10.1 Å². The molecule has 1 heterocycles. The lowest BCUT2D eigenvalue weighted by molar-refractivity contribution is -0.136. The van der Waals surface area contributed by atoms with Crippen LogP contribution in [0.15, 0.2) is 55.0 Å². The van der Waals surface area contributed by atoms with E-state index >= 15 is 0 Å². The quantitative estimate of drug-likeness (QED) is 0.567. The normalized spacial score (nSPS) is 11.2. The van der Waals surface area contributed by atoms with Crippen LogP contribution in [0.2, 0.25) is 10.0 Å². The second kappa shape index (κ2) is 8.04. The highest BCUT2D eigenvalue weighted by Gasteiger charge is 2.33. The zero-order chi connectivity index (χ0) is 20.3. The van der Waals surface area contributed by atoms with Crippen molar-refractivity contribution in [3.8, 4) is 11.6 Å². The predicted molar refractivity (Wildman–Crippen MR) is 98.0 cm³/mol. The minimum Gasteiger partial charge on any atom is -0.436 e. The van der Waals surface area contributed by atoms with Crippen LogP contribution in [0.5, 0.6) is 11.6 Å². The summed E-state index contributed by atoms with van der Waals surface area (Å²) in [5.41, 5.74) is -1.58. The van der Waals surface area contributed by atoms with Gasteiger partial charge in [0, 0.05) is 17.3 Å². The molecule has 2 aromatic carbocycles. The Hall–Kier alpha value is -2.84. The average Bonchev–Trinajstić information content (AvgIpc) is 2.64. The molecule has 1 N–H and O–H groups in total. The molecule has 0 spiro atoms. The van der Waals surface area contributed by atoms with Gasteiger partial charge in [-0.3, -0.25) is 4.79 Å². The zero-order valence-corrected chi connectivity index (χ0v) is 15.3. The third-order valence-corrected chi connectivity index (χ3v) is 4.05. The number of para-hydroxylation sites is 1. The van der Waals surface area contributed by atoms with Crippen LogP contribution in [-0.2, 0) is 6.18 Å². The summed E-state index contributed by atoms with van der Waals surface area (Å²) in [5.74, 6) is -0.954. The number of carbonyl (C=O) groups excluding carboxylic acids is 1. The first-order valence-electron chi connectivity index (χ1n) is 7.66. The van der Waals surface area contributed by atoms with Crippen molar-refractivity contribution in [3.05, 3.63) is 76.2 Å². The first-order valence-corrected chi connectivity index (χ1v) is 8.42. The highest BCUT2D eigenvalue weighted by atomic mass is 35.5. The van der Waals surface area contributed by atoms with E-state index in [1.165, 1.54) is 24.3 Å². The van der Waals surface area contributed by atoms with E-state index in [4.69, 9.17) is 27.9 Å². The Morgan fingerprint density at radius 3 is 2.61 bits per heavy atom. The third-order valence-electron chi connectivity index (χ3n) is 3.50. The molecule has 144 valence electrons. The summed E-state index contributed by atoms with van der Waals surface area (Å²) in [4.78, 5) is 20.1. The van der Waals surface area contributed by atoms with Crippen LogP contribution < -0.4 is 10.1 Å². The molecule has 28 heavy (non-hydrogen) atoms. The number of aromatic nitrogens is 2. The van der Waals surface area contributed by atoms with Crippen molar-refractivity contribution < 1.29 is 22.7 Å². The highest BCUT2D eigenvalue weighted by Crippen LogP contribution is 2.35. The average molecular weight is 428 g/mol. The fourth-order valence-electron chi connectivity index (χ4n) is 2.24. The molecule has 0 aliphatic carbocycles. The number of alkyl halides is 3. The molecular formula is C18H10Cl2F3N3O2. The van der Waals surface area contributed by atoms with Gasteiger partial charge in [-0.15, -0.1) is 0 Å². The molecule has 1 amide bonds. The molecule has 10 heteroatoms. The molecule has 0 atom stereocenters. The Kier molecular flexibility index (Phi) is 5.71. The summed E-state index contributed by atoms with van der Waals surface area (Å²) in [5, 5.41) is 2.74. The van der Waals surface area contributed by atoms with Crippen molar-refractivity contribution in [2.24, 2.45) is 0 Å². The number of nitrogens with one attached hydrogen (secondary N) is 1. The standard InChI is InChI=1S/C18H10Cl2F3N3O2/c19-10-5-6-13(20)15(7-10)28-17-11(8-24-9-25-17)16(27)26-14-4-2-1-3-12(14)18(21,22)23/h1-9H,(H,26,27). The Labute approximate surface area is 167 Å². The molecule has 0 aliphatic rings. The fourth-order valence-corrected chi connectivity index (χ4v) is 2.56. The first kappa shape index (κ1) is 19.9. The molecule has 0 saturated heterocycles. The first-order chi connectivity index (χ1) is 13.3. The van der Waals surface area contributed by atoms with E-state index in [1.54, 1.807) is 6.07 Å². The van der Waals surface area contributed by atoms with Crippen LogP contribution in [-0.4, -0.2) is 15.9 Å². The summed E-state index contributed by atoms with van der Waals surface area (Å²) in [6.07, 6.45) is -2.40. The largest absolute Gasteiger partial charge is 0.436 e. The number of amides is 1. The molecule has 0 radical (unpaired) electrons. The van der Waals surface area contributed by atoms with Gasteiger partial charge in [0.1, 0.15) is 17.6 Å². The number of hydrogen-bond acceptors (Lipinski definition) is 4. The van der Waals surface area contributed by atoms with Crippen molar-refractivity contribution in [2.45, 2.75) is 6.18 Å². The summed E-state index contributed by atoms with van der Waals surface area (Å²) >= 11 is 11.9. The number of anilines is 1. The summed E-state index contributed by atoms with van der Waals surface area (Å²) < 4.78 is 44.9. The van der Waals surface area contributed by atoms with Gasteiger partial charge >= 0.3 is 6.18 Å². The van der Waals surface area contributed by atoms with E-state index in [9.17, 15) is 18.0 Å². The van der Waals surface area contributed by atoms with Crippen LogP contribution >= 0.6 is 23.2 Å². The Balaban J connectivity index is 1.91. The maximum atomic E-state index is 13.1. The lowest BCUT2D eigenvalue weighted by Crippen LogP contribution is -2.17. The van der Waals surface area contributed by atoms with Crippen LogP contribution in [0.4, 0.5) is 18.9 Å². The monoisotopic (exact) mass is 427 g/mol. The highest BCUT2D eigenvalue weighted by molar-refractivity contribution is 6.34. The van der Waals surface area contributed by atoms with E-state index in [-0.39, 0.29) is 22.2 Å². The van der Waals surface area contributed by atoms with Crippen LogP contribution in [0.25, 0.3) is 0 Å². The zero-order valence-electron chi connectivity index (χ0n) is 13.8. The van der Waals surface area contributed by atoms with Crippen molar-refractivity contribution in [2.75, 3.05) is 5.32 Å². The number of halogens is 5. The van der Waals surface area contributed by atoms with Gasteiger partial charge in [-0.05, 0) is 24.3 Å². The molecule has 1 aromatic heterocycles. The Morgan fingerprint density at radius 2 is 1.86 bits per heavy atom. The number of ether oxygens (including phenoxy) is 1. The molecule has 0 unspecified atom stereocenters. The molecule has 5 nitrogen and oxygen atoms in total. The van der Waals surface area contributed by atoms with E-state index in [2.05, 4.69) is 15.3 Å². The number of hydrogen-bond donors (Lipinski definition) is 1. The van der Waals surface area contributed by atoms with Crippen LogP contribution in [0, 0.1) is 0 Å². The second-order valence-electron chi connectivity index (χ2n) is 5.42. The maximum Gasteiger partial charge on any atom is 0.418 e. The molecule has 0 fully saturated rings. The Bertz CT molecular complexity index is 1030. The molecule has 0 saturated carbocycles. The lowest BCUT2D eigenvalue weighted by atomic mass is 10.1. The smallest absolute Gasteiger partial charge is 0.418 e. The van der Waals surface area contributed by atoms with Gasteiger partial charge in [0.15, 0.2) is 0 Å². The van der Waals surface area contributed by atoms with Crippen molar-refractivity contribution in [1.82, 2.24) is 9.97 Å². The minimum atomic E-state index is -4.63. The van der Waals surface area contributed by atoms with E-state index in [1.807, 2.05) is 0 Å². The van der Waals surface area contributed by atoms with Gasteiger partial charge in [-0.2, -0.15) is 13.2 Å². The Morgan fingerprint density at radius 1 is 1.11 bits per heavy atom. The van der Waals surface area contributed by atoms with Gasteiger partial charge in [0.2, 0.25) is 5.88 Å². The van der Waals surface area contributed by atoms with Crippen LogP contribution in [0.1, 0.15) is 15.9 Å². The third kappa shape index (κ3) is 4.52. The molecule has 0 bridgehead atoms. The minimum absolute atomic E-state index is 0.123. The van der Waals surface area contributed by atoms with Crippen LogP contribution in [0.3, 0.4) is 0 Å². The number of rotatable bonds is 4. The number of benzene rings is 2. The van der Waals surface area contributed by atoms with Gasteiger partial charge in [0.25, 0.3) is 5.91 Å². The summed E-state index contributed by atoms with van der Waals surface area (Å²) in [6, 6.07) is 9.03. The predicted octanol–water partition coefficient (Wildman–Crippen LogP) is 5.85. The fraction of sp³-hybridized carbons (Fsp3) is 0.0556. The molecule has 3 rings (SSSR count). The van der Waals surface area contributed by atoms with Crippen molar-refractivity contribution in [3.63, 3.8) is 0 Å². The van der Waals surface area contributed by atoms with E-state index in [0.29, 0.717) is 5.02 Å². The van der Waals surface area contributed by atoms with Gasteiger partial charge in [0.05, 0.1) is 16.3 Å².